The lowest BCUT2D eigenvalue weighted by Crippen LogP contribution is -2.58. The fraction of sp³-hybridized carbons (Fsp3) is 0.318. The molecule has 1 aliphatic heterocycles. The molecule has 10 heteroatoms. The molecule has 32 heavy (non-hydrogen) atoms. The van der Waals surface area contributed by atoms with Gasteiger partial charge in [0.25, 0.3) is 0 Å². The summed E-state index contributed by atoms with van der Waals surface area (Å²) in [6.45, 7) is 0. The van der Waals surface area contributed by atoms with Gasteiger partial charge in [0.2, 0.25) is 11.9 Å². The highest BCUT2D eigenvalue weighted by Gasteiger charge is 2.42. The summed E-state index contributed by atoms with van der Waals surface area (Å²) in [5.74, 6) is -0.586. The first-order valence-corrected chi connectivity index (χ1v) is 10.5. The number of aromatic nitrogens is 3. The summed E-state index contributed by atoms with van der Waals surface area (Å²) in [7, 11) is 1.68. The number of nitrogens with two attached hydrogens (primary N) is 2. The molecule has 5 N–H and O–H groups in total. The Morgan fingerprint density at radius 2 is 1.94 bits per heavy atom. The minimum atomic E-state index is -1.10. The molecule has 0 radical (unpaired) electrons. The molecule has 0 bridgehead atoms. The van der Waals surface area contributed by atoms with E-state index in [2.05, 4.69) is 15.1 Å². The Kier molecular flexibility index (Phi) is 4.58. The third-order valence-corrected chi connectivity index (χ3v) is 6.19. The SMILES string of the molecule is Cn1nc(C(=O)O)c2c(-c3cccc(N4C(N)=NC(N)=NC45CCCCC5)c3)ccnc21. The number of aliphatic imine (C=N–C) groups is 2. The maximum absolute atomic E-state index is 11.8. The van der Waals surface area contributed by atoms with Gasteiger partial charge in [0.15, 0.2) is 11.3 Å². The molecule has 0 saturated heterocycles. The number of rotatable bonds is 3. The van der Waals surface area contributed by atoms with Crippen LogP contribution in [-0.4, -0.2) is 43.4 Å². The van der Waals surface area contributed by atoms with Crippen molar-refractivity contribution in [2.45, 2.75) is 37.8 Å². The Morgan fingerprint density at radius 1 is 1.16 bits per heavy atom. The van der Waals surface area contributed by atoms with Gasteiger partial charge in [-0.25, -0.2) is 19.5 Å². The van der Waals surface area contributed by atoms with Crippen LogP contribution < -0.4 is 16.4 Å². The van der Waals surface area contributed by atoms with Crippen molar-refractivity contribution in [2.24, 2.45) is 28.5 Å². The van der Waals surface area contributed by atoms with Crippen molar-refractivity contribution in [3.05, 3.63) is 42.2 Å². The number of aryl methyl sites for hydroxylation is 1. The van der Waals surface area contributed by atoms with Crippen LogP contribution in [0.3, 0.4) is 0 Å². The number of carboxylic acid groups (broad SMARTS) is 1. The third kappa shape index (κ3) is 3.06. The molecular weight excluding hydrogens is 408 g/mol. The van der Waals surface area contributed by atoms with Crippen LogP contribution in [-0.2, 0) is 7.05 Å². The number of nitrogens with zero attached hydrogens (tertiary/aromatic N) is 6. The zero-order chi connectivity index (χ0) is 22.5. The molecule has 164 valence electrons. The quantitative estimate of drug-likeness (QED) is 0.575. The predicted octanol–water partition coefficient (Wildman–Crippen LogP) is 2.44. The summed E-state index contributed by atoms with van der Waals surface area (Å²) < 4.78 is 1.48. The van der Waals surface area contributed by atoms with Crippen molar-refractivity contribution < 1.29 is 9.90 Å². The van der Waals surface area contributed by atoms with E-state index < -0.39 is 11.6 Å². The molecule has 1 spiro atoms. The molecular formula is C22H24N8O2. The highest BCUT2D eigenvalue weighted by Crippen LogP contribution is 2.41. The smallest absolute Gasteiger partial charge is 0.357 e. The summed E-state index contributed by atoms with van der Waals surface area (Å²) in [6.07, 6.45) is 6.53. The molecule has 2 aliphatic rings. The van der Waals surface area contributed by atoms with Gasteiger partial charge in [-0.05, 0) is 55.0 Å². The zero-order valence-electron chi connectivity index (χ0n) is 17.7. The van der Waals surface area contributed by atoms with E-state index in [1.54, 1.807) is 19.3 Å². The Morgan fingerprint density at radius 3 is 2.69 bits per heavy atom. The van der Waals surface area contributed by atoms with Crippen LogP contribution in [0.5, 0.6) is 0 Å². The van der Waals surface area contributed by atoms with E-state index in [9.17, 15) is 9.90 Å². The second-order valence-corrected chi connectivity index (χ2v) is 8.20. The average Bonchev–Trinajstić information content (AvgIpc) is 3.11. The largest absolute Gasteiger partial charge is 0.476 e. The Bertz CT molecular complexity index is 1290. The van der Waals surface area contributed by atoms with Crippen LogP contribution in [0.4, 0.5) is 5.69 Å². The minimum absolute atomic E-state index is 0.0313. The van der Waals surface area contributed by atoms with E-state index in [-0.39, 0.29) is 11.7 Å². The Balaban J connectivity index is 1.67. The lowest BCUT2D eigenvalue weighted by atomic mass is 9.87. The fourth-order valence-corrected chi connectivity index (χ4v) is 4.87. The predicted molar refractivity (Wildman–Crippen MR) is 122 cm³/mol. The number of hydrogen-bond acceptors (Lipinski definition) is 8. The van der Waals surface area contributed by atoms with Crippen molar-refractivity contribution >= 4 is 34.6 Å². The summed E-state index contributed by atoms with van der Waals surface area (Å²) in [4.78, 5) is 27.1. The number of aromatic carboxylic acids is 1. The summed E-state index contributed by atoms with van der Waals surface area (Å²) in [5, 5.41) is 14.3. The number of carbonyl (C=O) groups is 1. The van der Waals surface area contributed by atoms with E-state index in [1.807, 2.05) is 29.2 Å². The first-order chi connectivity index (χ1) is 15.4. The maximum atomic E-state index is 11.8. The molecule has 10 nitrogen and oxygen atoms in total. The molecule has 1 saturated carbocycles. The van der Waals surface area contributed by atoms with Gasteiger partial charge in [-0.15, -0.1) is 0 Å². The molecule has 3 heterocycles. The van der Waals surface area contributed by atoms with Crippen LogP contribution in [0.2, 0.25) is 0 Å². The third-order valence-electron chi connectivity index (χ3n) is 6.19. The molecule has 2 aromatic heterocycles. The second kappa shape index (κ2) is 7.33. The standard InChI is InChI=1S/C22H24N8O2/c1-29-18-16(17(28-29)19(31)32)15(8-11-25-18)13-6-5-7-14(12-13)30-21(24)26-20(23)27-22(30)9-3-2-4-10-22/h5-8,11-12H,2-4,9-10H2,1H3,(H,31,32)(H4,23,24,26,27). The molecule has 1 fully saturated rings. The van der Waals surface area contributed by atoms with Gasteiger partial charge in [0.1, 0.15) is 5.66 Å². The lowest BCUT2D eigenvalue weighted by molar-refractivity contribution is 0.0691. The van der Waals surface area contributed by atoms with Gasteiger partial charge in [-0.1, -0.05) is 18.6 Å². The van der Waals surface area contributed by atoms with Crippen molar-refractivity contribution in [3.63, 3.8) is 0 Å². The highest BCUT2D eigenvalue weighted by atomic mass is 16.4. The Labute approximate surface area is 184 Å². The van der Waals surface area contributed by atoms with Gasteiger partial charge in [-0.3, -0.25) is 4.90 Å². The number of carboxylic acids is 1. The van der Waals surface area contributed by atoms with Crippen LogP contribution >= 0.6 is 0 Å². The maximum Gasteiger partial charge on any atom is 0.357 e. The molecule has 0 atom stereocenters. The van der Waals surface area contributed by atoms with Gasteiger partial charge in [-0.2, -0.15) is 10.1 Å². The summed E-state index contributed by atoms with van der Waals surface area (Å²) in [6, 6.07) is 9.58. The van der Waals surface area contributed by atoms with E-state index in [4.69, 9.17) is 16.5 Å². The number of anilines is 1. The van der Waals surface area contributed by atoms with Crippen LogP contribution in [0, 0.1) is 0 Å². The molecule has 1 aromatic carbocycles. The zero-order valence-corrected chi connectivity index (χ0v) is 17.7. The van der Waals surface area contributed by atoms with Crippen molar-refractivity contribution in [1.82, 2.24) is 14.8 Å². The number of fused-ring (bicyclic) bond motifs is 1. The van der Waals surface area contributed by atoms with Gasteiger partial charge in [0.05, 0.1) is 5.39 Å². The molecule has 5 rings (SSSR count). The number of guanidine groups is 2. The van der Waals surface area contributed by atoms with Crippen molar-refractivity contribution in [1.29, 1.82) is 0 Å². The normalized spacial score (nSPS) is 18.0. The van der Waals surface area contributed by atoms with Gasteiger partial charge >= 0.3 is 5.97 Å². The number of benzene rings is 1. The second-order valence-electron chi connectivity index (χ2n) is 8.20. The van der Waals surface area contributed by atoms with Gasteiger partial charge < -0.3 is 16.6 Å². The van der Waals surface area contributed by atoms with E-state index in [0.29, 0.717) is 17.0 Å². The average molecular weight is 432 g/mol. The molecule has 0 amide bonds. The lowest BCUT2D eigenvalue weighted by Gasteiger charge is -2.45. The number of pyridine rings is 1. The highest BCUT2D eigenvalue weighted by molar-refractivity contribution is 6.08. The molecule has 1 aliphatic carbocycles. The molecule has 3 aromatic rings. The van der Waals surface area contributed by atoms with Crippen molar-refractivity contribution in [3.8, 4) is 11.1 Å². The summed E-state index contributed by atoms with van der Waals surface area (Å²) in [5.41, 5.74) is 14.7. The van der Waals surface area contributed by atoms with Crippen LogP contribution in [0.25, 0.3) is 22.2 Å². The minimum Gasteiger partial charge on any atom is -0.476 e. The van der Waals surface area contributed by atoms with E-state index >= 15 is 0 Å². The number of hydrogen-bond donors (Lipinski definition) is 3. The summed E-state index contributed by atoms with van der Waals surface area (Å²) >= 11 is 0. The van der Waals surface area contributed by atoms with E-state index in [1.165, 1.54) is 4.68 Å². The van der Waals surface area contributed by atoms with Crippen LogP contribution in [0.15, 0.2) is 46.5 Å². The van der Waals surface area contributed by atoms with Gasteiger partial charge in [0, 0.05) is 18.9 Å². The Hall–Kier alpha value is -3.95. The van der Waals surface area contributed by atoms with Crippen molar-refractivity contribution in [2.75, 3.05) is 4.90 Å². The first kappa shape index (κ1) is 20.0. The fourth-order valence-electron chi connectivity index (χ4n) is 4.87. The van der Waals surface area contributed by atoms with Crippen LogP contribution in [0.1, 0.15) is 42.6 Å². The molecule has 0 unspecified atom stereocenters. The van der Waals surface area contributed by atoms with E-state index in [0.717, 1.165) is 48.9 Å². The monoisotopic (exact) mass is 432 g/mol. The topological polar surface area (TPSA) is 148 Å². The first-order valence-electron chi connectivity index (χ1n) is 10.5.